The fourth-order valence-electron chi connectivity index (χ4n) is 0.503. The van der Waals surface area contributed by atoms with Gasteiger partial charge in [0.1, 0.15) is 1.37 Å². The van der Waals surface area contributed by atoms with E-state index >= 15 is 0 Å². The molecule has 1 aromatic heterocycles. The Morgan fingerprint density at radius 1 is 2.00 bits per heavy atom. The molecule has 4 heteroatoms. The van der Waals surface area contributed by atoms with Crippen molar-refractivity contribution in [2.75, 3.05) is 13.6 Å². The van der Waals surface area contributed by atoms with Gasteiger partial charge in [0, 0.05) is 13.0 Å². The third-order valence-electron chi connectivity index (χ3n) is 0.955. The molecule has 0 unspecified atom stereocenters. The number of aromatic nitrogens is 2. The Kier molecular flexibility index (Phi) is 1.75. The third kappa shape index (κ3) is 1.81. The zero-order valence-electron chi connectivity index (χ0n) is 6.22. The summed E-state index contributed by atoms with van der Waals surface area (Å²) in [7, 11) is 1.85. The van der Waals surface area contributed by atoms with Crippen molar-refractivity contribution in [3.8, 4) is 0 Å². The summed E-state index contributed by atoms with van der Waals surface area (Å²) in [5.41, 5.74) is 0. The van der Waals surface area contributed by atoms with Gasteiger partial charge in [-0.1, -0.05) is 0 Å². The fourth-order valence-corrected chi connectivity index (χ4v) is 0.503. The molecule has 0 aliphatic rings. The van der Waals surface area contributed by atoms with Crippen LogP contribution >= 0.6 is 0 Å². The van der Waals surface area contributed by atoms with Crippen molar-refractivity contribution in [1.82, 2.24) is 15.5 Å². The summed E-state index contributed by atoms with van der Waals surface area (Å²) in [6.07, 6.45) is 0.564. The van der Waals surface area contributed by atoms with Crippen molar-refractivity contribution in [3.63, 3.8) is 0 Å². The zero-order valence-corrected chi connectivity index (χ0v) is 5.22. The molecule has 0 spiro atoms. The number of nitrogens with one attached hydrogen (secondary N) is 1. The molecule has 0 atom stereocenters. The number of nitrogens with zero attached hydrogens (tertiary/aromatic N) is 2. The maximum Gasteiger partial charge on any atom is 0.217 e. The molecule has 4 nitrogen and oxygen atoms in total. The monoisotopic (exact) mass is 128 g/mol. The summed E-state index contributed by atoms with van der Waals surface area (Å²) in [4.78, 5) is 0. The van der Waals surface area contributed by atoms with Gasteiger partial charge in [0.15, 0.2) is 0 Å². The number of likely N-dealkylation sites (N-methyl/N-ethyl adjacent to an activating group) is 1. The molecule has 0 bridgehead atoms. The van der Waals surface area contributed by atoms with Crippen LogP contribution in [0.2, 0.25) is 0 Å². The second-order valence-electron chi connectivity index (χ2n) is 1.64. The highest BCUT2D eigenvalue weighted by Crippen LogP contribution is 1.89. The largest absolute Gasteiger partial charge is 0.428 e. The molecule has 0 amide bonds. The van der Waals surface area contributed by atoms with Crippen LogP contribution in [0.25, 0.3) is 0 Å². The van der Waals surface area contributed by atoms with Gasteiger partial charge in [-0.25, -0.2) is 0 Å². The predicted molar refractivity (Wildman–Crippen MR) is 31.9 cm³/mol. The topological polar surface area (TPSA) is 51.0 Å². The molecule has 1 aromatic rings. The summed E-state index contributed by atoms with van der Waals surface area (Å²) in [5, 5.41) is 9.94. The van der Waals surface area contributed by atoms with Crippen LogP contribution in [-0.4, -0.2) is 23.8 Å². The molecular formula is C5H9N3O. The van der Waals surface area contributed by atoms with E-state index in [0.29, 0.717) is 12.3 Å². The van der Waals surface area contributed by atoms with Crippen LogP contribution in [-0.2, 0) is 6.42 Å². The smallest absolute Gasteiger partial charge is 0.217 e. The Morgan fingerprint density at radius 3 is 3.44 bits per heavy atom. The Labute approximate surface area is 54.7 Å². The highest BCUT2D eigenvalue weighted by atomic mass is 16.4. The summed E-state index contributed by atoms with van der Waals surface area (Å²) in [6, 6.07) is 0. The minimum atomic E-state index is -0.119. The van der Waals surface area contributed by atoms with Crippen molar-refractivity contribution in [3.05, 3.63) is 12.3 Å². The Morgan fingerprint density at radius 2 is 2.89 bits per heavy atom. The van der Waals surface area contributed by atoms with E-state index in [1.165, 1.54) is 0 Å². The van der Waals surface area contributed by atoms with Crippen molar-refractivity contribution in [1.29, 1.82) is 0 Å². The minimum Gasteiger partial charge on any atom is -0.428 e. The molecule has 1 N–H and O–H groups in total. The first-order valence-electron chi connectivity index (χ1n) is 3.26. The molecule has 0 saturated heterocycles. The molecule has 0 aliphatic heterocycles. The standard InChI is InChI=1S/C5H9N3O/c1-6-3-2-5-8-7-4-9-5/h4,6H,2-3H2,1H3/i4D. The van der Waals surface area contributed by atoms with E-state index < -0.39 is 0 Å². The van der Waals surface area contributed by atoms with Crippen LogP contribution in [0.5, 0.6) is 0 Å². The van der Waals surface area contributed by atoms with Crippen molar-refractivity contribution in [2.24, 2.45) is 0 Å². The number of hydrogen-bond acceptors (Lipinski definition) is 4. The maximum atomic E-state index is 6.89. The average Bonchev–Trinajstić information content (AvgIpc) is 2.31. The van der Waals surface area contributed by atoms with Gasteiger partial charge in [-0.3, -0.25) is 0 Å². The highest BCUT2D eigenvalue weighted by Gasteiger charge is 1.94. The van der Waals surface area contributed by atoms with Gasteiger partial charge in [-0.15, -0.1) is 10.2 Å². The van der Waals surface area contributed by atoms with Crippen LogP contribution < -0.4 is 5.32 Å². The lowest BCUT2D eigenvalue weighted by molar-refractivity contribution is 0.488. The van der Waals surface area contributed by atoms with Gasteiger partial charge in [0.25, 0.3) is 0 Å². The van der Waals surface area contributed by atoms with Crippen LogP contribution in [0.3, 0.4) is 0 Å². The SMILES string of the molecule is [2H]c1nnc(CCNC)o1. The summed E-state index contributed by atoms with van der Waals surface area (Å²) >= 11 is 0. The second kappa shape index (κ2) is 3.19. The van der Waals surface area contributed by atoms with Crippen LogP contribution in [0, 0.1) is 0 Å². The minimum absolute atomic E-state index is 0.119. The Bertz CT molecular complexity index is 201. The van der Waals surface area contributed by atoms with E-state index in [1.807, 2.05) is 7.05 Å². The van der Waals surface area contributed by atoms with E-state index in [9.17, 15) is 0 Å². The van der Waals surface area contributed by atoms with Crippen LogP contribution in [0.4, 0.5) is 0 Å². The maximum absolute atomic E-state index is 6.89. The quantitative estimate of drug-likeness (QED) is 0.614. The van der Waals surface area contributed by atoms with Gasteiger partial charge in [-0.05, 0) is 7.05 Å². The first kappa shape index (κ1) is 4.93. The van der Waals surface area contributed by atoms with Crippen molar-refractivity contribution < 1.29 is 5.79 Å². The van der Waals surface area contributed by atoms with E-state index in [-0.39, 0.29) is 6.37 Å². The second-order valence-corrected chi connectivity index (χ2v) is 1.64. The van der Waals surface area contributed by atoms with E-state index in [2.05, 4.69) is 15.5 Å². The molecule has 0 fully saturated rings. The van der Waals surface area contributed by atoms with Crippen LogP contribution in [0.1, 0.15) is 7.26 Å². The Hall–Kier alpha value is -0.900. The van der Waals surface area contributed by atoms with E-state index in [1.54, 1.807) is 0 Å². The molecule has 50 valence electrons. The summed E-state index contributed by atoms with van der Waals surface area (Å²) in [5.74, 6) is 0.513. The molecule has 1 rings (SSSR count). The fraction of sp³-hybridized carbons (Fsp3) is 0.600. The molecule has 9 heavy (non-hydrogen) atoms. The van der Waals surface area contributed by atoms with Gasteiger partial charge >= 0.3 is 0 Å². The van der Waals surface area contributed by atoms with Gasteiger partial charge in [0.05, 0.1) is 0 Å². The normalized spacial score (nSPS) is 11.4. The zero-order chi connectivity index (χ0) is 7.40. The first-order chi connectivity index (χ1) is 4.83. The lowest BCUT2D eigenvalue weighted by Crippen LogP contribution is -2.10. The molecule has 0 aromatic carbocycles. The van der Waals surface area contributed by atoms with Gasteiger partial charge < -0.3 is 9.73 Å². The van der Waals surface area contributed by atoms with Crippen molar-refractivity contribution in [2.45, 2.75) is 6.42 Å². The number of hydrogen-bond donors (Lipinski definition) is 1. The first-order valence-corrected chi connectivity index (χ1v) is 2.76. The Balaban J connectivity index is 2.42. The molecule has 1 heterocycles. The average molecular weight is 128 g/mol. The van der Waals surface area contributed by atoms with Crippen molar-refractivity contribution >= 4 is 0 Å². The molecule has 0 radical (unpaired) electrons. The molecule has 0 saturated carbocycles. The summed E-state index contributed by atoms with van der Waals surface area (Å²) < 4.78 is 11.7. The van der Waals surface area contributed by atoms with Gasteiger partial charge in [-0.2, -0.15) is 0 Å². The lowest BCUT2D eigenvalue weighted by atomic mass is 10.4. The lowest BCUT2D eigenvalue weighted by Gasteiger charge is -1.90. The van der Waals surface area contributed by atoms with Gasteiger partial charge in [0.2, 0.25) is 12.3 Å². The molecule has 0 aliphatic carbocycles. The highest BCUT2D eigenvalue weighted by molar-refractivity contribution is 4.72. The molecular weight excluding hydrogens is 118 g/mol. The van der Waals surface area contributed by atoms with E-state index in [4.69, 9.17) is 5.79 Å². The van der Waals surface area contributed by atoms with E-state index in [0.717, 1.165) is 6.54 Å². The summed E-state index contributed by atoms with van der Waals surface area (Å²) in [6.45, 7) is 0.793. The predicted octanol–water partition coefficient (Wildman–Crippen LogP) is -0.169. The van der Waals surface area contributed by atoms with Crippen LogP contribution in [0.15, 0.2) is 10.8 Å². The number of rotatable bonds is 3. The third-order valence-corrected chi connectivity index (χ3v) is 0.955.